The van der Waals surface area contributed by atoms with Gasteiger partial charge in [0, 0.05) is 31.4 Å². The molecular formula is C20H25ClN2O. The molecule has 0 aliphatic heterocycles. The van der Waals surface area contributed by atoms with Crippen LogP contribution in [0.2, 0.25) is 5.02 Å². The standard InChI is InChI=1S/C20H25ClN2O/c1-14(2)19(16-7-9-17(21)10-8-16)20(24)22-13-15-5-11-18(12-6-15)23(3)4/h5-12,14,19H,13H2,1-4H3,(H,22,24)/t19-/m1/s1. The van der Waals surface area contributed by atoms with Crippen molar-refractivity contribution in [3.8, 4) is 0 Å². The van der Waals surface area contributed by atoms with E-state index in [9.17, 15) is 4.79 Å². The molecule has 0 aliphatic carbocycles. The van der Waals surface area contributed by atoms with Crippen molar-refractivity contribution in [2.24, 2.45) is 5.92 Å². The number of nitrogens with zero attached hydrogens (tertiary/aromatic N) is 1. The van der Waals surface area contributed by atoms with Crippen LogP contribution in [-0.4, -0.2) is 20.0 Å². The maximum atomic E-state index is 12.7. The maximum Gasteiger partial charge on any atom is 0.228 e. The molecule has 0 aromatic heterocycles. The second-order valence-corrected chi connectivity index (χ2v) is 6.99. The average Bonchev–Trinajstić information content (AvgIpc) is 2.55. The summed E-state index contributed by atoms with van der Waals surface area (Å²) in [5, 5.41) is 3.74. The van der Waals surface area contributed by atoms with E-state index in [0.717, 1.165) is 16.8 Å². The molecule has 0 saturated heterocycles. The van der Waals surface area contributed by atoms with Crippen molar-refractivity contribution in [2.75, 3.05) is 19.0 Å². The van der Waals surface area contributed by atoms with E-state index in [0.29, 0.717) is 11.6 Å². The number of anilines is 1. The van der Waals surface area contributed by atoms with Gasteiger partial charge in [0.2, 0.25) is 5.91 Å². The molecule has 0 unspecified atom stereocenters. The lowest BCUT2D eigenvalue weighted by atomic mass is 9.87. The molecule has 0 aliphatic rings. The van der Waals surface area contributed by atoms with Gasteiger partial charge in [0.1, 0.15) is 0 Å². The highest BCUT2D eigenvalue weighted by Gasteiger charge is 2.23. The third-order valence-electron chi connectivity index (χ3n) is 4.10. The quantitative estimate of drug-likeness (QED) is 0.839. The highest BCUT2D eigenvalue weighted by Crippen LogP contribution is 2.26. The fourth-order valence-corrected chi connectivity index (χ4v) is 2.85. The molecule has 0 heterocycles. The number of carbonyl (C=O) groups is 1. The van der Waals surface area contributed by atoms with Crippen molar-refractivity contribution in [1.82, 2.24) is 5.32 Å². The summed E-state index contributed by atoms with van der Waals surface area (Å²) in [5.41, 5.74) is 3.23. The molecule has 1 atom stereocenters. The Morgan fingerprint density at radius 1 is 1.04 bits per heavy atom. The monoisotopic (exact) mass is 344 g/mol. The smallest absolute Gasteiger partial charge is 0.228 e. The number of hydrogen-bond acceptors (Lipinski definition) is 2. The zero-order chi connectivity index (χ0) is 17.7. The lowest BCUT2D eigenvalue weighted by Gasteiger charge is -2.21. The highest BCUT2D eigenvalue weighted by molar-refractivity contribution is 6.30. The number of amides is 1. The van der Waals surface area contributed by atoms with Gasteiger partial charge in [0.05, 0.1) is 5.92 Å². The van der Waals surface area contributed by atoms with Crippen molar-refractivity contribution in [3.63, 3.8) is 0 Å². The molecule has 3 nitrogen and oxygen atoms in total. The van der Waals surface area contributed by atoms with Gasteiger partial charge in [0.25, 0.3) is 0 Å². The van der Waals surface area contributed by atoms with Gasteiger partial charge in [-0.2, -0.15) is 0 Å². The number of nitrogens with one attached hydrogen (secondary N) is 1. The number of hydrogen-bond donors (Lipinski definition) is 1. The zero-order valence-corrected chi connectivity index (χ0v) is 15.5. The summed E-state index contributed by atoms with van der Waals surface area (Å²) >= 11 is 5.95. The Morgan fingerprint density at radius 2 is 1.62 bits per heavy atom. The van der Waals surface area contributed by atoms with E-state index in [1.54, 1.807) is 0 Å². The largest absolute Gasteiger partial charge is 0.378 e. The second kappa shape index (κ2) is 8.20. The minimum atomic E-state index is -0.177. The minimum Gasteiger partial charge on any atom is -0.378 e. The van der Waals surface area contributed by atoms with Crippen LogP contribution in [0, 0.1) is 5.92 Å². The first-order chi connectivity index (χ1) is 11.4. The molecule has 128 valence electrons. The van der Waals surface area contributed by atoms with Crippen LogP contribution < -0.4 is 10.2 Å². The Morgan fingerprint density at radius 3 is 2.12 bits per heavy atom. The van der Waals surface area contributed by atoms with Crippen molar-refractivity contribution < 1.29 is 4.79 Å². The average molecular weight is 345 g/mol. The molecule has 2 aromatic carbocycles. The van der Waals surface area contributed by atoms with E-state index in [-0.39, 0.29) is 17.7 Å². The number of halogens is 1. The summed E-state index contributed by atoms with van der Waals surface area (Å²) < 4.78 is 0. The van der Waals surface area contributed by atoms with Crippen molar-refractivity contribution in [3.05, 3.63) is 64.7 Å². The SMILES string of the molecule is CC(C)[C@@H](C(=O)NCc1ccc(N(C)C)cc1)c1ccc(Cl)cc1. The van der Waals surface area contributed by atoms with Crippen molar-refractivity contribution >= 4 is 23.2 Å². The molecule has 0 saturated carbocycles. The van der Waals surface area contributed by atoms with Crippen LogP contribution in [0.1, 0.15) is 30.9 Å². The summed E-state index contributed by atoms with van der Waals surface area (Å²) in [7, 11) is 4.02. The molecule has 0 fully saturated rings. The van der Waals surface area contributed by atoms with E-state index in [4.69, 9.17) is 11.6 Å². The van der Waals surface area contributed by atoms with Gasteiger partial charge in [-0.1, -0.05) is 49.7 Å². The number of rotatable bonds is 6. The third-order valence-corrected chi connectivity index (χ3v) is 4.35. The van der Waals surface area contributed by atoms with Gasteiger partial charge in [-0.15, -0.1) is 0 Å². The highest BCUT2D eigenvalue weighted by atomic mass is 35.5. The van der Waals surface area contributed by atoms with Crippen LogP contribution in [0.3, 0.4) is 0 Å². The van der Waals surface area contributed by atoms with Gasteiger partial charge < -0.3 is 10.2 Å². The topological polar surface area (TPSA) is 32.3 Å². The van der Waals surface area contributed by atoms with E-state index in [1.165, 1.54) is 0 Å². The Labute approximate surface area is 149 Å². The molecule has 2 rings (SSSR count). The van der Waals surface area contributed by atoms with Gasteiger partial charge in [-0.3, -0.25) is 4.79 Å². The number of benzene rings is 2. The van der Waals surface area contributed by atoms with Crippen LogP contribution in [0.5, 0.6) is 0 Å². The Bertz CT molecular complexity index is 663. The van der Waals surface area contributed by atoms with Crippen LogP contribution in [0.25, 0.3) is 0 Å². The van der Waals surface area contributed by atoms with Crippen molar-refractivity contribution in [1.29, 1.82) is 0 Å². The lowest BCUT2D eigenvalue weighted by Crippen LogP contribution is -2.31. The molecule has 2 aromatic rings. The summed E-state index contributed by atoms with van der Waals surface area (Å²) in [6.07, 6.45) is 0. The molecule has 0 spiro atoms. The van der Waals surface area contributed by atoms with E-state index in [2.05, 4.69) is 36.2 Å². The lowest BCUT2D eigenvalue weighted by molar-refractivity contribution is -0.123. The fourth-order valence-electron chi connectivity index (χ4n) is 2.72. The predicted octanol–water partition coefficient (Wildman–Crippen LogP) is 4.46. The fraction of sp³-hybridized carbons (Fsp3) is 0.350. The summed E-state index contributed by atoms with van der Waals surface area (Å²) in [4.78, 5) is 14.7. The number of carbonyl (C=O) groups excluding carboxylic acids is 1. The molecule has 24 heavy (non-hydrogen) atoms. The summed E-state index contributed by atoms with van der Waals surface area (Å²) in [6, 6.07) is 15.7. The predicted molar refractivity (Wildman–Crippen MR) is 102 cm³/mol. The first kappa shape index (κ1) is 18.3. The van der Waals surface area contributed by atoms with Crippen LogP contribution in [0.4, 0.5) is 5.69 Å². The first-order valence-corrected chi connectivity index (χ1v) is 8.55. The Kier molecular flexibility index (Phi) is 6.27. The molecule has 0 bridgehead atoms. The van der Waals surface area contributed by atoms with Gasteiger partial charge >= 0.3 is 0 Å². The summed E-state index contributed by atoms with van der Waals surface area (Å²) in [5.74, 6) is 0.0783. The van der Waals surface area contributed by atoms with Gasteiger partial charge in [-0.25, -0.2) is 0 Å². The van der Waals surface area contributed by atoms with Gasteiger partial charge in [0.15, 0.2) is 0 Å². The van der Waals surface area contributed by atoms with Crippen LogP contribution in [-0.2, 0) is 11.3 Å². The molecule has 4 heteroatoms. The molecule has 1 N–H and O–H groups in total. The van der Waals surface area contributed by atoms with E-state index in [1.807, 2.05) is 50.5 Å². The maximum absolute atomic E-state index is 12.7. The third kappa shape index (κ3) is 4.75. The van der Waals surface area contributed by atoms with Gasteiger partial charge in [-0.05, 0) is 41.3 Å². The summed E-state index contributed by atoms with van der Waals surface area (Å²) in [6.45, 7) is 4.65. The molecular weight excluding hydrogens is 320 g/mol. The minimum absolute atomic E-state index is 0.0454. The second-order valence-electron chi connectivity index (χ2n) is 6.55. The van der Waals surface area contributed by atoms with Crippen LogP contribution >= 0.6 is 11.6 Å². The Balaban J connectivity index is 2.04. The molecule has 1 amide bonds. The zero-order valence-electron chi connectivity index (χ0n) is 14.7. The normalized spacial score (nSPS) is 12.1. The van der Waals surface area contributed by atoms with Crippen molar-refractivity contribution in [2.45, 2.75) is 26.3 Å². The Hall–Kier alpha value is -2.00. The van der Waals surface area contributed by atoms with Crippen LogP contribution in [0.15, 0.2) is 48.5 Å². The van der Waals surface area contributed by atoms with E-state index < -0.39 is 0 Å². The van der Waals surface area contributed by atoms with E-state index >= 15 is 0 Å². The first-order valence-electron chi connectivity index (χ1n) is 8.18. The molecule has 0 radical (unpaired) electrons.